The first-order valence-electron chi connectivity index (χ1n) is 9.06. The zero-order valence-electron chi connectivity index (χ0n) is 15.6. The van der Waals surface area contributed by atoms with Gasteiger partial charge in [-0.3, -0.25) is 9.36 Å². The van der Waals surface area contributed by atoms with E-state index in [2.05, 4.69) is 27.6 Å². The highest BCUT2D eigenvalue weighted by Crippen LogP contribution is 2.20. The van der Waals surface area contributed by atoms with Gasteiger partial charge in [-0.05, 0) is 31.0 Å². The van der Waals surface area contributed by atoms with Crippen LogP contribution in [0.1, 0.15) is 37.4 Å². The van der Waals surface area contributed by atoms with Crippen LogP contribution in [-0.2, 0) is 17.8 Å². The van der Waals surface area contributed by atoms with E-state index in [-0.39, 0.29) is 11.9 Å². The maximum absolute atomic E-state index is 12.1. The quantitative estimate of drug-likeness (QED) is 0.572. The number of carbonyl (C=O) groups excluding carboxylic acids is 1. The molecule has 0 fully saturated rings. The zero-order chi connectivity index (χ0) is 19.1. The van der Waals surface area contributed by atoms with Crippen LogP contribution < -0.4 is 5.32 Å². The number of nitrogens with zero attached hydrogens (tertiary/aromatic N) is 3. The molecule has 1 unspecified atom stereocenters. The van der Waals surface area contributed by atoms with Gasteiger partial charge < -0.3 is 9.73 Å². The molecule has 0 radical (unpaired) electrons. The van der Waals surface area contributed by atoms with Crippen molar-refractivity contribution in [3.8, 4) is 0 Å². The molecule has 1 amide bonds. The molecule has 142 valence electrons. The molecule has 3 aromatic rings. The zero-order valence-corrected chi connectivity index (χ0v) is 16.4. The lowest BCUT2D eigenvalue weighted by Crippen LogP contribution is -2.33. The van der Waals surface area contributed by atoms with Crippen LogP contribution in [0.3, 0.4) is 0 Å². The van der Waals surface area contributed by atoms with Gasteiger partial charge >= 0.3 is 0 Å². The average Bonchev–Trinajstić information content (AvgIpc) is 3.32. The highest BCUT2D eigenvalue weighted by molar-refractivity contribution is 7.99. The maximum Gasteiger partial charge on any atom is 0.230 e. The Morgan fingerprint density at radius 1 is 1.22 bits per heavy atom. The van der Waals surface area contributed by atoms with E-state index in [1.54, 1.807) is 6.26 Å². The van der Waals surface area contributed by atoms with Crippen LogP contribution in [0.25, 0.3) is 0 Å². The number of thioether (sulfide) groups is 1. The molecule has 1 atom stereocenters. The molecule has 2 heterocycles. The van der Waals surface area contributed by atoms with E-state index < -0.39 is 0 Å². The van der Waals surface area contributed by atoms with Crippen molar-refractivity contribution < 1.29 is 9.21 Å². The van der Waals surface area contributed by atoms with Crippen LogP contribution in [0.2, 0.25) is 0 Å². The summed E-state index contributed by atoms with van der Waals surface area (Å²) in [4.78, 5) is 12.1. The molecule has 0 spiro atoms. The maximum atomic E-state index is 12.1. The van der Waals surface area contributed by atoms with E-state index in [9.17, 15) is 4.79 Å². The topological polar surface area (TPSA) is 73.0 Å². The summed E-state index contributed by atoms with van der Waals surface area (Å²) >= 11 is 1.40. The number of rotatable bonds is 9. The standard InChI is InChI=1S/C20H24N4O2S/c1-3-15(2)21-19(25)14-27-20-23-22-18(12-16-8-5-4-6-9-16)24(20)13-17-10-7-11-26-17/h4-11,15H,3,12-14H2,1-2H3,(H,21,25). The van der Waals surface area contributed by atoms with Gasteiger partial charge in [-0.25, -0.2) is 0 Å². The summed E-state index contributed by atoms with van der Waals surface area (Å²) in [6, 6.07) is 14.1. The highest BCUT2D eigenvalue weighted by Gasteiger charge is 2.16. The smallest absolute Gasteiger partial charge is 0.230 e. The Labute approximate surface area is 163 Å². The molecular weight excluding hydrogens is 360 g/mol. The normalized spacial score (nSPS) is 12.1. The van der Waals surface area contributed by atoms with Gasteiger partial charge in [0.15, 0.2) is 5.16 Å². The third-order valence-electron chi connectivity index (χ3n) is 4.24. The first kappa shape index (κ1) is 19.2. The molecule has 7 heteroatoms. The van der Waals surface area contributed by atoms with Gasteiger partial charge in [0, 0.05) is 12.5 Å². The van der Waals surface area contributed by atoms with Crippen LogP contribution in [0.5, 0.6) is 0 Å². The number of benzene rings is 1. The molecule has 0 aliphatic carbocycles. The fraction of sp³-hybridized carbons (Fsp3) is 0.350. The average molecular weight is 385 g/mol. The van der Waals surface area contributed by atoms with Gasteiger partial charge in [-0.2, -0.15) is 0 Å². The van der Waals surface area contributed by atoms with Gasteiger partial charge in [0.25, 0.3) is 0 Å². The van der Waals surface area contributed by atoms with E-state index in [0.717, 1.165) is 28.7 Å². The van der Waals surface area contributed by atoms with Crippen molar-refractivity contribution in [2.75, 3.05) is 5.75 Å². The van der Waals surface area contributed by atoms with Gasteiger partial charge in [-0.15, -0.1) is 10.2 Å². The van der Waals surface area contributed by atoms with Crippen molar-refractivity contribution in [3.05, 3.63) is 65.9 Å². The van der Waals surface area contributed by atoms with E-state index in [1.165, 1.54) is 11.8 Å². The second-order valence-electron chi connectivity index (χ2n) is 6.39. The van der Waals surface area contributed by atoms with Crippen LogP contribution >= 0.6 is 11.8 Å². The molecule has 27 heavy (non-hydrogen) atoms. The largest absolute Gasteiger partial charge is 0.467 e. The monoisotopic (exact) mass is 384 g/mol. The molecule has 0 saturated carbocycles. The predicted molar refractivity (Wildman–Crippen MR) is 106 cm³/mol. The molecule has 2 aromatic heterocycles. The van der Waals surface area contributed by atoms with Crippen molar-refractivity contribution in [3.63, 3.8) is 0 Å². The van der Waals surface area contributed by atoms with Gasteiger partial charge in [0.05, 0.1) is 18.6 Å². The Bertz CT molecular complexity index is 846. The van der Waals surface area contributed by atoms with Crippen molar-refractivity contribution in [2.45, 2.75) is 44.4 Å². The molecule has 1 N–H and O–H groups in total. The fourth-order valence-electron chi connectivity index (χ4n) is 2.60. The number of hydrogen-bond donors (Lipinski definition) is 1. The Morgan fingerprint density at radius 2 is 2.04 bits per heavy atom. The van der Waals surface area contributed by atoms with Crippen molar-refractivity contribution in [1.82, 2.24) is 20.1 Å². The number of hydrogen-bond acceptors (Lipinski definition) is 5. The third kappa shape index (κ3) is 5.47. The van der Waals surface area contributed by atoms with E-state index in [0.29, 0.717) is 18.7 Å². The first-order valence-corrected chi connectivity index (χ1v) is 10.0. The summed E-state index contributed by atoms with van der Waals surface area (Å²) in [7, 11) is 0. The third-order valence-corrected chi connectivity index (χ3v) is 5.21. The van der Waals surface area contributed by atoms with Crippen LogP contribution in [0.4, 0.5) is 0 Å². The highest BCUT2D eigenvalue weighted by atomic mass is 32.2. The minimum atomic E-state index is 0.00603. The van der Waals surface area contributed by atoms with E-state index in [1.807, 2.05) is 48.7 Å². The van der Waals surface area contributed by atoms with E-state index in [4.69, 9.17) is 4.42 Å². The first-order chi connectivity index (χ1) is 13.2. The molecule has 6 nitrogen and oxygen atoms in total. The number of furan rings is 1. The Balaban J connectivity index is 1.75. The second kappa shape index (κ2) is 9.41. The number of carbonyl (C=O) groups is 1. The predicted octanol–water partition coefficient (Wildman–Crippen LogP) is 3.52. The van der Waals surface area contributed by atoms with Crippen LogP contribution in [-0.4, -0.2) is 32.5 Å². The van der Waals surface area contributed by atoms with Crippen molar-refractivity contribution in [1.29, 1.82) is 0 Å². The Hall–Kier alpha value is -2.54. The number of amides is 1. The van der Waals surface area contributed by atoms with Crippen molar-refractivity contribution >= 4 is 17.7 Å². The lowest BCUT2D eigenvalue weighted by Gasteiger charge is -2.11. The lowest BCUT2D eigenvalue weighted by atomic mass is 10.1. The lowest BCUT2D eigenvalue weighted by molar-refractivity contribution is -0.119. The molecule has 0 aliphatic heterocycles. The Morgan fingerprint density at radius 3 is 2.74 bits per heavy atom. The molecule has 1 aromatic carbocycles. The summed E-state index contributed by atoms with van der Waals surface area (Å²) in [5.74, 6) is 2.00. The summed E-state index contributed by atoms with van der Waals surface area (Å²) in [6.07, 6.45) is 3.24. The van der Waals surface area contributed by atoms with Crippen molar-refractivity contribution in [2.24, 2.45) is 0 Å². The molecule has 0 bridgehead atoms. The fourth-order valence-corrected chi connectivity index (χ4v) is 3.37. The minimum Gasteiger partial charge on any atom is -0.467 e. The van der Waals surface area contributed by atoms with Gasteiger partial charge in [0.1, 0.15) is 11.6 Å². The Kier molecular flexibility index (Phi) is 6.70. The minimum absolute atomic E-state index is 0.00603. The van der Waals surface area contributed by atoms with Gasteiger partial charge in [-0.1, -0.05) is 49.0 Å². The number of nitrogens with one attached hydrogen (secondary N) is 1. The number of aromatic nitrogens is 3. The van der Waals surface area contributed by atoms with Crippen LogP contribution in [0, 0.1) is 0 Å². The summed E-state index contributed by atoms with van der Waals surface area (Å²) in [5.41, 5.74) is 1.16. The molecule has 0 saturated heterocycles. The molecular formula is C20H24N4O2S. The summed E-state index contributed by atoms with van der Waals surface area (Å²) in [6.45, 7) is 4.59. The summed E-state index contributed by atoms with van der Waals surface area (Å²) < 4.78 is 7.52. The van der Waals surface area contributed by atoms with E-state index >= 15 is 0 Å². The second-order valence-corrected chi connectivity index (χ2v) is 7.33. The van der Waals surface area contributed by atoms with Crippen LogP contribution in [0.15, 0.2) is 58.3 Å². The molecule has 0 aliphatic rings. The van der Waals surface area contributed by atoms with Gasteiger partial charge in [0.2, 0.25) is 5.91 Å². The molecule has 3 rings (SSSR count). The SMILES string of the molecule is CCC(C)NC(=O)CSc1nnc(Cc2ccccc2)n1Cc1ccco1. The summed E-state index contributed by atoms with van der Waals surface area (Å²) in [5, 5.41) is 12.4.